The molecule has 4 nitrogen and oxygen atoms in total. The van der Waals surface area contributed by atoms with Crippen LogP contribution in [0.3, 0.4) is 0 Å². The van der Waals surface area contributed by atoms with Crippen LogP contribution in [0, 0.1) is 6.92 Å². The van der Waals surface area contributed by atoms with Gasteiger partial charge in [0.1, 0.15) is 5.52 Å². The summed E-state index contributed by atoms with van der Waals surface area (Å²) in [4.78, 5) is 4.18. The lowest BCUT2D eigenvalue weighted by molar-refractivity contribution is 0.153. The molecule has 0 amide bonds. The molecule has 3 N–H and O–H groups in total. The van der Waals surface area contributed by atoms with Crippen LogP contribution >= 0.6 is 0 Å². The van der Waals surface area contributed by atoms with Crippen LogP contribution in [0.1, 0.15) is 24.5 Å². The van der Waals surface area contributed by atoms with Gasteiger partial charge in [0, 0.05) is 13.0 Å². The van der Waals surface area contributed by atoms with Gasteiger partial charge in [-0.25, -0.2) is 4.98 Å². The summed E-state index contributed by atoms with van der Waals surface area (Å²) < 4.78 is 5.38. The molecule has 2 atom stereocenters. The molecule has 0 aliphatic rings. The number of fused-ring (bicyclic) bond motifs is 1. The van der Waals surface area contributed by atoms with Crippen LogP contribution in [0.15, 0.2) is 22.6 Å². The van der Waals surface area contributed by atoms with Crippen LogP contribution in [-0.2, 0) is 0 Å². The highest BCUT2D eigenvalue weighted by molar-refractivity contribution is 5.73. The molecule has 0 spiro atoms. The lowest BCUT2D eigenvalue weighted by Gasteiger charge is -2.14. The summed E-state index contributed by atoms with van der Waals surface area (Å²) in [5.74, 6) is 0.623. The summed E-state index contributed by atoms with van der Waals surface area (Å²) in [7, 11) is 0. The lowest BCUT2D eigenvalue weighted by Crippen LogP contribution is -2.24. The van der Waals surface area contributed by atoms with E-state index < -0.39 is 6.10 Å². The Morgan fingerprint density at radius 1 is 1.47 bits per heavy atom. The molecule has 0 saturated heterocycles. The molecule has 1 aromatic heterocycles. The Morgan fingerprint density at radius 3 is 2.87 bits per heavy atom. The van der Waals surface area contributed by atoms with E-state index in [0.29, 0.717) is 11.5 Å². The molecule has 2 rings (SSSR count). The monoisotopic (exact) mass is 206 g/mol. The molecule has 4 heteroatoms. The first kappa shape index (κ1) is 10.1. The largest absolute Gasteiger partial charge is 0.441 e. The molecule has 2 aromatic rings. The molecule has 0 radical (unpaired) electrons. The molecular weight excluding hydrogens is 192 g/mol. The van der Waals surface area contributed by atoms with Gasteiger partial charge in [-0.3, -0.25) is 0 Å². The van der Waals surface area contributed by atoms with E-state index in [1.165, 1.54) is 0 Å². The van der Waals surface area contributed by atoms with E-state index in [0.717, 1.165) is 11.1 Å². The lowest BCUT2D eigenvalue weighted by atomic mass is 10.0. The number of hydrogen-bond acceptors (Lipinski definition) is 4. The zero-order valence-corrected chi connectivity index (χ0v) is 8.77. The first-order valence-electron chi connectivity index (χ1n) is 4.88. The number of nitrogens with two attached hydrogens (primary N) is 1. The highest BCUT2D eigenvalue weighted by atomic mass is 16.3. The van der Waals surface area contributed by atoms with Crippen molar-refractivity contribution in [1.29, 1.82) is 0 Å². The maximum absolute atomic E-state index is 9.78. The van der Waals surface area contributed by atoms with Gasteiger partial charge >= 0.3 is 0 Å². The second-order valence-electron chi connectivity index (χ2n) is 3.76. The van der Waals surface area contributed by atoms with E-state index >= 15 is 0 Å². The van der Waals surface area contributed by atoms with Crippen LogP contribution < -0.4 is 5.73 Å². The van der Waals surface area contributed by atoms with Gasteiger partial charge < -0.3 is 15.3 Å². The van der Waals surface area contributed by atoms with Gasteiger partial charge in [0.15, 0.2) is 11.5 Å². The van der Waals surface area contributed by atoms with Crippen molar-refractivity contribution in [3.8, 4) is 0 Å². The predicted molar refractivity (Wildman–Crippen MR) is 57.4 cm³/mol. The molecule has 0 fully saturated rings. The zero-order chi connectivity index (χ0) is 11.0. The van der Waals surface area contributed by atoms with Crippen molar-refractivity contribution in [2.24, 2.45) is 5.73 Å². The molecule has 80 valence electrons. The first-order chi connectivity index (χ1) is 7.08. The standard InChI is InChI=1S/C11H14N2O2/c1-6(12)11(14)8-3-4-9-10(5-8)15-7(2)13-9/h3-6,11,14H,12H2,1-2H3. The molecule has 2 unspecified atom stereocenters. The molecular formula is C11H14N2O2. The van der Waals surface area contributed by atoms with Crippen LogP contribution in [0.4, 0.5) is 0 Å². The van der Waals surface area contributed by atoms with Crippen LogP contribution in [0.25, 0.3) is 11.1 Å². The maximum Gasteiger partial charge on any atom is 0.192 e. The molecule has 0 saturated carbocycles. The number of rotatable bonds is 2. The van der Waals surface area contributed by atoms with E-state index in [2.05, 4.69) is 4.98 Å². The SMILES string of the molecule is Cc1nc2ccc(C(O)C(C)N)cc2o1. The van der Waals surface area contributed by atoms with Crippen molar-refractivity contribution in [3.63, 3.8) is 0 Å². The van der Waals surface area contributed by atoms with Crippen molar-refractivity contribution in [2.75, 3.05) is 0 Å². The predicted octanol–water partition coefficient (Wildman–Crippen LogP) is 1.52. The van der Waals surface area contributed by atoms with E-state index in [9.17, 15) is 5.11 Å². The van der Waals surface area contributed by atoms with Gasteiger partial charge in [0.25, 0.3) is 0 Å². The normalized spacial score (nSPS) is 15.5. The Morgan fingerprint density at radius 2 is 2.20 bits per heavy atom. The van der Waals surface area contributed by atoms with Gasteiger partial charge in [-0.2, -0.15) is 0 Å². The number of aliphatic hydroxyl groups excluding tert-OH is 1. The van der Waals surface area contributed by atoms with Gasteiger partial charge in [0.2, 0.25) is 0 Å². The fraction of sp³-hybridized carbons (Fsp3) is 0.364. The Bertz CT molecular complexity index is 476. The van der Waals surface area contributed by atoms with Crippen molar-refractivity contribution >= 4 is 11.1 Å². The second kappa shape index (κ2) is 3.64. The zero-order valence-electron chi connectivity index (χ0n) is 8.77. The van der Waals surface area contributed by atoms with Crippen LogP contribution in [0.2, 0.25) is 0 Å². The Balaban J connectivity index is 2.46. The van der Waals surface area contributed by atoms with Gasteiger partial charge in [-0.05, 0) is 24.6 Å². The summed E-state index contributed by atoms with van der Waals surface area (Å²) in [6.07, 6.45) is -0.667. The fourth-order valence-electron chi connectivity index (χ4n) is 1.54. The first-order valence-corrected chi connectivity index (χ1v) is 4.88. The van der Waals surface area contributed by atoms with E-state index in [1.54, 1.807) is 19.9 Å². The third kappa shape index (κ3) is 1.86. The van der Waals surface area contributed by atoms with Crippen LogP contribution in [-0.4, -0.2) is 16.1 Å². The number of oxazole rings is 1. The van der Waals surface area contributed by atoms with Gasteiger partial charge in [-0.1, -0.05) is 6.07 Å². The molecule has 0 bridgehead atoms. The number of benzene rings is 1. The summed E-state index contributed by atoms with van der Waals surface area (Å²) in [6.45, 7) is 3.56. The number of nitrogens with zero attached hydrogens (tertiary/aromatic N) is 1. The van der Waals surface area contributed by atoms with Crippen LogP contribution in [0.5, 0.6) is 0 Å². The topological polar surface area (TPSA) is 72.3 Å². The molecule has 0 aliphatic heterocycles. The summed E-state index contributed by atoms with van der Waals surface area (Å²) >= 11 is 0. The summed E-state index contributed by atoms with van der Waals surface area (Å²) in [6, 6.07) is 5.13. The minimum atomic E-state index is -0.667. The number of aryl methyl sites for hydroxylation is 1. The van der Waals surface area contributed by atoms with Gasteiger partial charge in [-0.15, -0.1) is 0 Å². The van der Waals surface area contributed by atoms with Crippen molar-refractivity contribution in [3.05, 3.63) is 29.7 Å². The van der Waals surface area contributed by atoms with E-state index in [1.807, 2.05) is 12.1 Å². The Hall–Kier alpha value is -1.39. The highest BCUT2D eigenvalue weighted by Gasteiger charge is 2.13. The smallest absolute Gasteiger partial charge is 0.192 e. The molecule has 15 heavy (non-hydrogen) atoms. The fourth-order valence-corrected chi connectivity index (χ4v) is 1.54. The number of aliphatic hydroxyl groups is 1. The minimum absolute atomic E-state index is 0.300. The summed E-state index contributed by atoms with van der Waals surface area (Å²) in [5, 5.41) is 9.78. The van der Waals surface area contributed by atoms with E-state index in [4.69, 9.17) is 10.2 Å². The Kier molecular flexibility index (Phi) is 2.46. The quantitative estimate of drug-likeness (QED) is 0.781. The van der Waals surface area contributed by atoms with E-state index in [-0.39, 0.29) is 6.04 Å². The van der Waals surface area contributed by atoms with Crippen molar-refractivity contribution in [2.45, 2.75) is 26.0 Å². The summed E-state index contributed by atoms with van der Waals surface area (Å²) in [5.41, 5.74) is 7.86. The average Bonchev–Trinajstić information content (AvgIpc) is 2.55. The molecule has 1 heterocycles. The number of aromatic nitrogens is 1. The van der Waals surface area contributed by atoms with Gasteiger partial charge in [0.05, 0.1) is 6.10 Å². The third-order valence-electron chi connectivity index (χ3n) is 2.36. The minimum Gasteiger partial charge on any atom is -0.441 e. The second-order valence-corrected chi connectivity index (χ2v) is 3.76. The molecule has 0 aliphatic carbocycles. The average molecular weight is 206 g/mol. The molecule has 1 aromatic carbocycles. The maximum atomic E-state index is 9.78. The third-order valence-corrected chi connectivity index (χ3v) is 2.36. The Labute approximate surface area is 87.7 Å². The van der Waals surface area contributed by atoms with Crippen molar-refractivity contribution in [1.82, 2.24) is 4.98 Å². The van der Waals surface area contributed by atoms with Crippen molar-refractivity contribution < 1.29 is 9.52 Å². The number of hydrogen-bond donors (Lipinski definition) is 2. The highest BCUT2D eigenvalue weighted by Crippen LogP contribution is 2.22.